The molecular weight excluding hydrogens is 246 g/mol. The molecule has 0 amide bonds. The minimum atomic E-state index is 0.658. The van der Waals surface area contributed by atoms with Crippen molar-refractivity contribution in [3.05, 3.63) is 35.9 Å². The van der Waals surface area contributed by atoms with Gasteiger partial charge in [0.2, 0.25) is 0 Å². The van der Waals surface area contributed by atoms with Gasteiger partial charge in [-0.05, 0) is 36.7 Å². The lowest BCUT2D eigenvalue weighted by Gasteiger charge is -2.33. The lowest BCUT2D eigenvalue weighted by atomic mass is 9.75. The van der Waals surface area contributed by atoms with Gasteiger partial charge >= 0.3 is 0 Å². The van der Waals surface area contributed by atoms with Gasteiger partial charge in [0.15, 0.2) is 5.96 Å². The Hall–Kier alpha value is -1.51. The van der Waals surface area contributed by atoms with Crippen molar-refractivity contribution < 1.29 is 0 Å². The third-order valence-electron chi connectivity index (χ3n) is 4.80. The highest BCUT2D eigenvalue weighted by Crippen LogP contribution is 2.37. The second-order valence-corrected chi connectivity index (χ2v) is 6.10. The first-order valence-corrected chi connectivity index (χ1v) is 7.94. The van der Waals surface area contributed by atoms with Gasteiger partial charge in [-0.2, -0.15) is 0 Å². The molecule has 2 aliphatic rings. The third kappa shape index (κ3) is 2.97. The van der Waals surface area contributed by atoms with Crippen molar-refractivity contribution in [3.8, 4) is 0 Å². The van der Waals surface area contributed by atoms with E-state index >= 15 is 0 Å². The van der Waals surface area contributed by atoms with E-state index in [0.29, 0.717) is 11.8 Å². The van der Waals surface area contributed by atoms with Gasteiger partial charge in [0.25, 0.3) is 0 Å². The number of hydrogen-bond donors (Lipinski definition) is 1. The van der Waals surface area contributed by atoms with Crippen LogP contribution in [0.5, 0.6) is 0 Å². The molecule has 3 heteroatoms. The Morgan fingerprint density at radius 3 is 2.55 bits per heavy atom. The second kappa shape index (κ2) is 6.29. The lowest BCUT2D eigenvalue weighted by molar-refractivity contribution is 0.288. The number of likely N-dealkylation sites (tertiary alicyclic amines) is 1. The summed E-state index contributed by atoms with van der Waals surface area (Å²) in [6.45, 7) is 3.06. The average molecular weight is 271 g/mol. The Labute approximate surface area is 121 Å². The molecule has 3 nitrogen and oxygen atoms in total. The molecule has 1 aliphatic heterocycles. The van der Waals surface area contributed by atoms with Crippen LogP contribution in [0.2, 0.25) is 0 Å². The van der Waals surface area contributed by atoms with Gasteiger partial charge < -0.3 is 10.6 Å². The fourth-order valence-corrected chi connectivity index (χ4v) is 3.42. The number of rotatable bonds is 3. The van der Waals surface area contributed by atoms with Crippen LogP contribution in [0.15, 0.2) is 35.3 Å². The number of nitrogens with two attached hydrogens (primary N) is 1. The highest BCUT2D eigenvalue weighted by Gasteiger charge is 2.26. The van der Waals surface area contributed by atoms with E-state index in [1.54, 1.807) is 0 Å². The summed E-state index contributed by atoms with van der Waals surface area (Å²) >= 11 is 0. The zero-order valence-electron chi connectivity index (χ0n) is 12.2. The summed E-state index contributed by atoms with van der Waals surface area (Å²) in [6, 6.07) is 10.9. The first-order chi connectivity index (χ1) is 9.84. The van der Waals surface area contributed by atoms with Crippen molar-refractivity contribution in [2.45, 2.75) is 38.0 Å². The second-order valence-electron chi connectivity index (χ2n) is 6.10. The molecule has 108 valence electrons. The molecule has 1 aliphatic carbocycles. The number of benzene rings is 1. The van der Waals surface area contributed by atoms with Gasteiger partial charge in [-0.15, -0.1) is 0 Å². The van der Waals surface area contributed by atoms with E-state index in [-0.39, 0.29) is 0 Å². The smallest absolute Gasteiger partial charge is 0.191 e. The van der Waals surface area contributed by atoms with Crippen molar-refractivity contribution in [2.75, 3.05) is 19.6 Å². The average Bonchev–Trinajstić information content (AvgIpc) is 2.44. The van der Waals surface area contributed by atoms with Gasteiger partial charge in [0.1, 0.15) is 0 Å². The summed E-state index contributed by atoms with van der Waals surface area (Å²) in [4.78, 5) is 6.85. The maximum absolute atomic E-state index is 6.06. The predicted molar refractivity (Wildman–Crippen MR) is 83.8 cm³/mol. The monoisotopic (exact) mass is 271 g/mol. The Morgan fingerprint density at radius 2 is 1.85 bits per heavy atom. The molecule has 1 aromatic rings. The van der Waals surface area contributed by atoms with E-state index in [2.05, 4.69) is 40.2 Å². The lowest BCUT2D eigenvalue weighted by Crippen LogP contribution is -2.46. The van der Waals surface area contributed by atoms with Crippen LogP contribution < -0.4 is 5.73 Å². The summed E-state index contributed by atoms with van der Waals surface area (Å²) in [5.41, 5.74) is 7.54. The molecule has 2 N–H and O–H groups in total. The van der Waals surface area contributed by atoms with Crippen LogP contribution >= 0.6 is 0 Å². The van der Waals surface area contributed by atoms with E-state index in [1.807, 2.05) is 0 Å². The maximum Gasteiger partial charge on any atom is 0.191 e. The molecule has 2 fully saturated rings. The van der Waals surface area contributed by atoms with Crippen LogP contribution in [0.25, 0.3) is 0 Å². The minimum absolute atomic E-state index is 0.658. The quantitative estimate of drug-likeness (QED) is 0.678. The molecule has 3 rings (SSSR count). The van der Waals surface area contributed by atoms with Gasteiger partial charge in [-0.1, -0.05) is 43.2 Å². The largest absolute Gasteiger partial charge is 0.370 e. The Bertz CT molecular complexity index is 451. The van der Waals surface area contributed by atoms with Crippen LogP contribution in [0.4, 0.5) is 0 Å². The minimum Gasteiger partial charge on any atom is -0.370 e. The first-order valence-electron chi connectivity index (χ1n) is 7.94. The van der Waals surface area contributed by atoms with Crippen LogP contribution in [-0.4, -0.2) is 30.5 Å². The van der Waals surface area contributed by atoms with E-state index in [1.165, 1.54) is 37.7 Å². The maximum atomic E-state index is 6.06. The number of nitrogens with zero attached hydrogens (tertiary/aromatic N) is 2. The molecule has 1 heterocycles. The van der Waals surface area contributed by atoms with Crippen molar-refractivity contribution in [1.29, 1.82) is 0 Å². The van der Waals surface area contributed by atoms with Crippen LogP contribution in [0.3, 0.4) is 0 Å². The fraction of sp³-hybridized carbons (Fsp3) is 0.588. The van der Waals surface area contributed by atoms with Crippen LogP contribution in [0.1, 0.15) is 43.6 Å². The zero-order chi connectivity index (χ0) is 13.8. The zero-order valence-corrected chi connectivity index (χ0v) is 12.2. The van der Waals surface area contributed by atoms with Crippen LogP contribution in [-0.2, 0) is 0 Å². The SMILES string of the molecule is NC(=NCC1CCCCC1c1ccccc1)N1CCC1. The Balaban J connectivity index is 1.66. The Morgan fingerprint density at radius 1 is 1.10 bits per heavy atom. The molecule has 1 saturated heterocycles. The summed E-state index contributed by atoms with van der Waals surface area (Å²) in [5, 5.41) is 0. The van der Waals surface area contributed by atoms with Crippen molar-refractivity contribution >= 4 is 5.96 Å². The molecule has 1 saturated carbocycles. The molecule has 0 aromatic heterocycles. The van der Waals surface area contributed by atoms with Gasteiger partial charge in [0.05, 0.1) is 0 Å². The fourth-order valence-electron chi connectivity index (χ4n) is 3.42. The Kier molecular flexibility index (Phi) is 4.24. The van der Waals surface area contributed by atoms with Crippen molar-refractivity contribution in [3.63, 3.8) is 0 Å². The molecule has 2 unspecified atom stereocenters. The summed E-state index contributed by atoms with van der Waals surface area (Å²) in [5.74, 6) is 2.08. The summed E-state index contributed by atoms with van der Waals surface area (Å²) in [6.07, 6.45) is 6.53. The number of aliphatic imine (C=N–C) groups is 1. The molecule has 0 spiro atoms. The first kappa shape index (κ1) is 13.5. The molecular formula is C17H25N3. The normalized spacial score (nSPS) is 27.2. The van der Waals surface area contributed by atoms with E-state index < -0.39 is 0 Å². The summed E-state index contributed by atoms with van der Waals surface area (Å²) < 4.78 is 0. The molecule has 1 aromatic carbocycles. The molecule has 20 heavy (non-hydrogen) atoms. The van der Waals surface area contributed by atoms with Crippen molar-refractivity contribution in [1.82, 2.24) is 4.90 Å². The van der Waals surface area contributed by atoms with Gasteiger partial charge in [-0.25, -0.2) is 0 Å². The molecule has 2 atom stereocenters. The molecule has 0 bridgehead atoms. The topological polar surface area (TPSA) is 41.6 Å². The highest BCUT2D eigenvalue weighted by atomic mass is 15.3. The number of guanidine groups is 1. The predicted octanol–water partition coefficient (Wildman–Crippen LogP) is 2.98. The van der Waals surface area contributed by atoms with E-state index in [0.717, 1.165) is 25.6 Å². The van der Waals surface area contributed by atoms with E-state index in [9.17, 15) is 0 Å². The third-order valence-corrected chi connectivity index (χ3v) is 4.80. The highest BCUT2D eigenvalue weighted by molar-refractivity contribution is 5.78. The van der Waals surface area contributed by atoms with E-state index in [4.69, 9.17) is 5.73 Å². The molecule has 0 radical (unpaired) electrons. The summed E-state index contributed by atoms with van der Waals surface area (Å²) in [7, 11) is 0. The van der Waals surface area contributed by atoms with Gasteiger partial charge in [-0.3, -0.25) is 4.99 Å². The van der Waals surface area contributed by atoms with Gasteiger partial charge in [0, 0.05) is 19.6 Å². The van der Waals surface area contributed by atoms with Crippen molar-refractivity contribution in [2.24, 2.45) is 16.6 Å². The number of hydrogen-bond acceptors (Lipinski definition) is 1. The van der Waals surface area contributed by atoms with Crippen LogP contribution in [0, 0.1) is 5.92 Å². The standard InChI is InChI=1S/C17H25N3/c18-17(20-11-6-12-20)19-13-15-9-4-5-10-16(15)14-7-2-1-3-8-14/h1-3,7-8,15-16H,4-6,9-13H2,(H2,18,19).